The smallest absolute Gasteiger partial charge is 0.222 e. The number of hydrogen-bond donors (Lipinski definition) is 0. The summed E-state index contributed by atoms with van der Waals surface area (Å²) >= 11 is 9.30. The van der Waals surface area contributed by atoms with Gasteiger partial charge in [0, 0.05) is 9.86 Å². The number of aromatic nitrogens is 2. The van der Waals surface area contributed by atoms with Gasteiger partial charge in [0.2, 0.25) is 5.28 Å². The molecule has 4 heteroatoms. The van der Waals surface area contributed by atoms with Crippen LogP contribution in [0.2, 0.25) is 5.28 Å². The predicted molar refractivity (Wildman–Crippen MR) is 66.3 cm³/mol. The largest absolute Gasteiger partial charge is 0.223 e. The molecule has 0 amide bonds. The Morgan fingerprint density at radius 2 is 2.00 bits per heavy atom. The van der Waals surface area contributed by atoms with Crippen molar-refractivity contribution in [3.05, 3.63) is 33.6 Å². The van der Waals surface area contributed by atoms with Crippen molar-refractivity contribution in [3.63, 3.8) is 0 Å². The third-order valence-corrected chi connectivity index (χ3v) is 2.87. The van der Waals surface area contributed by atoms with E-state index in [1.807, 2.05) is 18.2 Å². The van der Waals surface area contributed by atoms with Gasteiger partial charge in [0.05, 0.1) is 11.2 Å². The Kier molecular flexibility index (Phi) is 2.94. The number of hydrogen-bond acceptors (Lipinski definition) is 2. The minimum Gasteiger partial charge on any atom is -0.222 e. The molecule has 0 atom stereocenters. The van der Waals surface area contributed by atoms with Gasteiger partial charge in [0.1, 0.15) is 0 Å². The second-order valence-corrected chi connectivity index (χ2v) is 4.95. The molecular weight excluding hydrogens is 275 g/mol. The zero-order valence-electron chi connectivity index (χ0n) is 8.46. The molecule has 0 unspecified atom stereocenters. The lowest BCUT2D eigenvalue weighted by Crippen LogP contribution is -1.97. The van der Waals surface area contributed by atoms with E-state index in [9.17, 15) is 0 Å². The summed E-state index contributed by atoms with van der Waals surface area (Å²) in [6, 6.07) is 5.96. The van der Waals surface area contributed by atoms with Crippen LogP contribution in [0.25, 0.3) is 10.9 Å². The maximum Gasteiger partial charge on any atom is 0.223 e. The molecule has 0 aliphatic heterocycles. The van der Waals surface area contributed by atoms with Gasteiger partial charge in [-0.05, 0) is 35.7 Å². The van der Waals surface area contributed by atoms with E-state index in [2.05, 4.69) is 39.7 Å². The molecule has 0 saturated heterocycles. The maximum absolute atomic E-state index is 5.88. The highest BCUT2D eigenvalue weighted by Crippen LogP contribution is 2.26. The van der Waals surface area contributed by atoms with Gasteiger partial charge in [0.15, 0.2) is 0 Å². The average molecular weight is 286 g/mol. The number of fused-ring (bicyclic) bond motifs is 1. The van der Waals surface area contributed by atoms with Crippen molar-refractivity contribution < 1.29 is 0 Å². The first-order chi connectivity index (χ1) is 7.08. The van der Waals surface area contributed by atoms with E-state index >= 15 is 0 Å². The number of halogens is 2. The fraction of sp³-hybridized carbons (Fsp3) is 0.273. The first-order valence-corrected chi connectivity index (χ1v) is 5.87. The molecule has 2 nitrogen and oxygen atoms in total. The summed E-state index contributed by atoms with van der Waals surface area (Å²) < 4.78 is 1.000. The van der Waals surface area contributed by atoms with Crippen LogP contribution in [-0.4, -0.2) is 9.97 Å². The van der Waals surface area contributed by atoms with Crippen LogP contribution in [0.15, 0.2) is 22.7 Å². The molecule has 0 N–H and O–H groups in total. The van der Waals surface area contributed by atoms with Crippen molar-refractivity contribution in [3.8, 4) is 0 Å². The van der Waals surface area contributed by atoms with E-state index < -0.39 is 0 Å². The van der Waals surface area contributed by atoms with Crippen LogP contribution in [0.4, 0.5) is 0 Å². The van der Waals surface area contributed by atoms with Crippen LogP contribution >= 0.6 is 27.5 Å². The second kappa shape index (κ2) is 4.06. The van der Waals surface area contributed by atoms with Crippen molar-refractivity contribution in [1.82, 2.24) is 9.97 Å². The third kappa shape index (κ3) is 2.13. The van der Waals surface area contributed by atoms with Gasteiger partial charge >= 0.3 is 0 Å². The lowest BCUT2D eigenvalue weighted by atomic mass is 10.1. The average Bonchev–Trinajstić information content (AvgIpc) is 2.15. The van der Waals surface area contributed by atoms with Gasteiger partial charge in [-0.3, -0.25) is 0 Å². The van der Waals surface area contributed by atoms with Gasteiger partial charge in [-0.25, -0.2) is 9.97 Å². The topological polar surface area (TPSA) is 25.8 Å². The van der Waals surface area contributed by atoms with Crippen molar-refractivity contribution in [2.75, 3.05) is 0 Å². The van der Waals surface area contributed by atoms with E-state index in [1.54, 1.807) is 0 Å². The molecule has 0 radical (unpaired) electrons. The molecule has 78 valence electrons. The Labute approximate surface area is 102 Å². The van der Waals surface area contributed by atoms with Crippen LogP contribution in [0.3, 0.4) is 0 Å². The molecular formula is C11H10BrClN2. The normalized spacial score (nSPS) is 11.3. The molecule has 0 fully saturated rings. The summed E-state index contributed by atoms with van der Waals surface area (Å²) in [7, 11) is 0. The summed E-state index contributed by atoms with van der Waals surface area (Å²) in [5.41, 5.74) is 1.88. The van der Waals surface area contributed by atoms with E-state index in [0.717, 1.165) is 21.1 Å². The molecule has 2 rings (SSSR count). The van der Waals surface area contributed by atoms with Crippen LogP contribution in [-0.2, 0) is 0 Å². The van der Waals surface area contributed by atoms with Crippen LogP contribution in [0.5, 0.6) is 0 Å². The molecule has 0 aliphatic rings. The SMILES string of the molecule is CC(C)c1nc(Cl)nc2cc(Br)ccc12. The van der Waals surface area contributed by atoms with Gasteiger partial charge < -0.3 is 0 Å². The zero-order chi connectivity index (χ0) is 11.0. The molecule has 0 aliphatic carbocycles. The lowest BCUT2D eigenvalue weighted by Gasteiger charge is -2.08. The van der Waals surface area contributed by atoms with Crippen LogP contribution in [0, 0.1) is 0 Å². The summed E-state index contributed by atoms with van der Waals surface area (Å²) in [6.45, 7) is 4.19. The minimum absolute atomic E-state index is 0.310. The molecule has 2 aromatic rings. The van der Waals surface area contributed by atoms with E-state index in [1.165, 1.54) is 0 Å². The van der Waals surface area contributed by atoms with Crippen LogP contribution in [0.1, 0.15) is 25.5 Å². The van der Waals surface area contributed by atoms with Crippen molar-refractivity contribution in [1.29, 1.82) is 0 Å². The molecule has 15 heavy (non-hydrogen) atoms. The molecule has 0 saturated carbocycles. The minimum atomic E-state index is 0.310. The monoisotopic (exact) mass is 284 g/mol. The Hall–Kier alpha value is -0.670. The van der Waals surface area contributed by atoms with Gasteiger partial charge in [-0.15, -0.1) is 0 Å². The predicted octanol–water partition coefficient (Wildman–Crippen LogP) is 4.17. The number of rotatable bonds is 1. The van der Waals surface area contributed by atoms with E-state index in [0.29, 0.717) is 11.2 Å². The first-order valence-electron chi connectivity index (χ1n) is 4.70. The highest BCUT2D eigenvalue weighted by molar-refractivity contribution is 9.10. The zero-order valence-corrected chi connectivity index (χ0v) is 10.8. The lowest BCUT2D eigenvalue weighted by molar-refractivity contribution is 0.829. The Bertz CT molecular complexity index is 506. The van der Waals surface area contributed by atoms with Gasteiger partial charge in [-0.1, -0.05) is 29.8 Å². The van der Waals surface area contributed by atoms with Crippen molar-refractivity contribution in [2.45, 2.75) is 19.8 Å². The van der Waals surface area contributed by atoms with Gasteiger partial charge in [-0.2, -0.15) is 0 Å². The fourth-order valence-electron chi connectivity index (χ4n) is 1.54. The summed E-state index contributed by atoms with van der Waals surface area (Å²) in [6.07, 6.45) is 0. The Balaban J connectivity index is 2.80. The quantitative estimate of drug-likeness (QED) is 0.735. The fourth-order valence-corrected chi connectivity index (χ4v) is 2.07. The summed E-state index contributed by atoms with van der Waals surface area (Å²) in [5, 5.41) is 1.38. The third-order valence-electron chi connectivity index (χ3n) is 2.21. The van der Waals surface area contributed by atoms with Crippen LogP contribution < -0.4 is 0 Å². The highest BCUT2D eigenvalue weighted by Gasteiger charge is 2.09. The second-order valence-electron chi connectivity index (χ2n) is 3.69. The standard InChI is InChI=1S/C11H10BrClN2/c1-6(2)10-8-4-3-7(12)5-9(8)14-11(13)15-10/h3-6H,1-2H3. The Morgan fingerprint density at radius 3 is 2.67 bits per heavy atom. The van der Waals surface area contributed by atoms with E-state index in [4.69, 9.17) is 11.6 Å². The molecule has 1 aromatic carbocycles. The summed E-state index contributed by atoms with van der Waals surface area (Å²) in [5.74, 6) is 0.342. The first kappa shape index (κ1) is 10.8. The van der Waals surface area contributed by atoms with Crippen molar-refractivity contribution >= 4 is 38.4 Å². The number of benzene rings is 1. The highest BCUT2D eigenvalue weighted by atomic mass is 79.9. The maximum atomic E-state index is 5.88. The molecule has 0 spiro atoms. The molecule has 1 aromatic heterocycles. The Morgan fingerprint density at radius 1 is 1.27 bits per heavy atom. The van der Waals surface area contributed by atoms with E-state index in [-0.39, 0.29) is 0 Å². The number of nitrogens with zero attached hydrogens (tertiary/aromatic N) is 2. The van der Waals surface area contributed by atoms with Gasteiger partial charge in [0.25, 0.3) is 0 Å². The summed E-state index contributed by atoms with van der Waals surface area (Å²) in [4.78, 5) is 8.47. The molecule has 0 bridgehead atoms. The van der Waals surface area contributed by atoms with Crippen molar-refractivity contribution in [2.24, 2.45) is 0 Å². The molecule has 1 heterocycles.